The van der Waals surface area contributed by atoms with Crippen molar-refractivity contribution in [1.29, 1.82) is 0 Å². The minimum atomic E-state index is -0.690. The number of aryl methyl sites for hydroxylation is 1. The molecule has 0 saturated heterocycles. The van der Waals surface area contributed by atoms with Gasteiger partial charge in [-0.3, -0.25) is 0 Å². The van der Waals surface area contributed by atoms with E-state index in [1.54, 1.807) is 49.8 Å². The highest BCUT2D eigenvalue weighted by molar-refractivity contribution is 6.35. The summed E-state index contributed by atoms with van der Waals surface area (Å²) in [4.78, 5) is 26.4. The van der Waals surface area contributed by atoms with Crippen molar-refractivity contribution in [3.63, 3.8) is 0 Å². The summed E-state index contributed by atoms with van der Waals surface area (Å²) in [5.41, 5.74) is 2.71. The van der Waals surface area contributed by atoms with E-state index in [0.717, 1.165) is 11.8 Å². The second kappa shape index (κ2) is 11.7. The Morgan fingerprint density at radius 3 is 2.27 bits per heavy atom. The van der Waals surface area contributed by atoms with Gasteiger partial charge in [-0.25, -0.2) is 9.78 Å². The topological polar surface area (TPSA) is 76.0 Å². The van der Waals surface area contributed by atoms with Crippen LogP contribution in [0.4, 0.5) is 0 Å². The SMILES string of the molecule is COc1ccc([C@H](Cc2c(Cl)c[nH+]cc2Cl)OC(=O)c2ccc(CCC=O)cc2)cc1OC. The summed E-state index contributed by atoms with van der Waals surface area (Å²) in [5, 5.41) is 0.868. The lowest BCUT2D eigenvalue weighted by atomic mass is 10.0. The van der Waals surface area contributed by atoms with E-state index in [9.17, 15) is 9.59 Å². The van der Waals surface area contributed by atoms with Crippen LogP contribution in [0.3, 0.4) is 0 Å². The number of esters is 1. The number of carbonyl (C=O) groups is 2. The predicted octanol–water partition coefficient (Wildman–Crippen LogP) is 5.10. The van der Waals surface area contributed by atoms with E-state index in [4.69, 9.17) is 37.4 Å². The lowest BCUT2D eigenvalue weighted by molar-refractivity contribution is -0.377. The molecule has 0 fully saturated rings. The number of hydrogen-bond acceptors (Lipinski definition) is 5. The standard InChI is InChI=1S/C25H23Cl2NO5/c1-31-22-10-9-18(12-24(22)32-2)23(13-19-20(26)14-28-15-21(19)27)33-25(30)17-7-5-16(6-8-17)4-3-11-29/h5-12,14-15,23H,3-4,13H2,1-2H3/p+1/t23-/m0/s1. The monoisotopic (exact) mass is 488 g/mol. The molecule has 1 atom stereocenters. The van der Waals surface area contributed by atoms with Gasteiger partial charge in [-0.1, -0.05) is 41.4 Å². The van der Waals surface area contributed by atoms with Gasteiger partial charge in [-0.05, 0) is 41.8 Å². The lowest BCUT2D eigenvalue weighted by Crippen LogP contribution is -2.15. The lowest BCUT2D eigenvalue weighted by Gasteiger charge is -2.20. The average molecular weight is 489 g/mol. The molecule has 3 rings (SSSR count). The van der Waals surface area contributed by atoms with Gasteiger partial charge in [0.1, 0.15) is 22.4 Å². The van der Waals surface area contributed by atoms with Crippen LogP contribution in [0.15, 0.2) is 54.9 Å². The highest BCUT2D eigenvalue weighted by atomic mass is 35.5. The Balaban J connectivity index is 1.91. The second-order valence-corrected chi connectivity index (χ2v) is 8.06. The summed E-state index contributed by atoms with van der Waals surface area (Å²) in [6.07, 6.45) is 4.72. The predicted molar refractivity (Wildman–Crippen MR) is 125 cm³/mol. The number of nitrogens with one attached hydrogen (secondary N) is 1. The zero-order valence-electron chi connectivity index (χ0n) is 18.3. The number of hydrogen-bond donors (Lipinski definition) is 0. The third-order valence-electron chi connectivity index (χ3n) is 5.16. The van der Waals surface area contributed by atoms with Gasteiger partial charge in [-0.15, -0.1) is 0 Å². The van der Waals surface area contributed by atoms with Crippen molar-refractivity contribution < 1.29 is 28.8 Å². The third kappa shape index (κ3) is 6.24. The number of rotatable bonds is 10. The van der Waals surface area contributed by atoms with Crippen molar-refractivity contribution in [2.45, 2.75) is 25.4 Å². The minimum Gasteiger partial charge on any atom is -0.493 e. The van der Waals surface area contributed by atoms with Crippen LogP contribution in [0.2, 0.25) is 10.0 Å². The largest absolute Gasteiger partial charge is 0.493 e. The van der Waals surface area contributed by atoms with Gasteiger partial charge in [0.25, 0.3) is 0 Å². The van der Waals surface area contributed by atoms with Crippen molar-refractivity contribution in [2.75, 3.05) is 14.2 Å². The summed E-state index contributed by atoms with van der Waals surface area (Å²) in [6.45, 7) is 0. The van der Waals surface area contributed by atoms with Gasteiger partial charge < -0.3 is 19.0 Å². The molecule has 8 heteroatoms. The van der Waals surface area contributed by atoms with Gasteiger partial charge in [0.2, 0.25) is 0 Å². The molecule has 1 aromatic heterocycles. The molecular weight excluding hydrogens is 465 g/mol. The van der Waals surface area contributed by atoms with Crippen molar-refractivity contribution >= 4 is 35.5 Å². The quantitative estimate of drug-likeness (QED) is 0.293. The smallest absolute Gasteiger partial charge is 0.338 e. The zero-order chi connectivity index (χ0) is 23.8. The zero-order valence-corrected chi connectivity index (χ0v) is 19.8. The molecule has 1 heterocycles. The molecule has 0 aliphatic carbocycles. The molecule has 0 unspecified atom stereocenters. The number of methoxy groups -OCH3 is 2. The Morgan fingerprint density at radius 1 is 1.00 bits per heavy atom. The van der Waals surface area contributed by atoms with Crippen LogP contribution in [-0.4, -0.2) is 26.5 Å². The fourth-order valence-corrected chi connectivity index (χ4v) is 3.90. The van der Waals surface area contributed by atoms with Crippen LogP contribution in [0.25, 0.3) is 0 Å². The summed E-state index contributed by atoms with van der Waals surface area (Å²) in [7, 11) is 3.09. The van der Waals surface area contributed by atoms with Gasteiger partial charge in [0, 0.05) is 18.4 Å². The second-order valence-electron chi connectivity index (χ2n) is 7.24. The van der Waals surface area contributed by atoms with Gasteiger partial charge >= 0.3 is 5.97 Å². The Labute approximate surface area is 202 Å². The van der Waals surface area contributed by atoms with Crippen LogP contribution >= 0.6 is 23.2 Å². The molecule has 6 nitrogen and oxygen atoms in total. The van der Waals surface area contributed by atoms with E-state index >= 15 is 0 Å². The van der Waals surface area contributed by atoms with E-state index < -0.39 is 12.1 Å². The van der Waals surface area contributed by atoms with Crippen molar-refractivity contribution in [3.8, 4) is 11.5 Å². The average Bonchev–Trinajstić information content (AvgIpc) is 2.84. The maximum absolute atomic E-state index is 13.0. The summed E-state index contributed by atoms with van der Waals surface area (Å²) < 4.78 is 16.6. The number of benzene rings is 2. The van der Waals surface area contributed by atoms with Crippen LogP contribution in [0, 0.1) is 0 Å². The fourth-order valence-electron chi connectivity index (χ4n) is 3.37. The van der Waals surface area contributed by atoms with E-state index in [1.165, 1.54) is 7.11 Å². The number of carbonyl (C=O) groups excluding carboxylic acids is 2. The molecule has 33 heavy (non-hydrogen) atoms. The van der Waals surface area contributed by atoms with Crippen LogP contribution in [0.1, 0.15) is 39.6 Å². The van der Waals surface area contributed by atoms with E-state index in [1.807, 2.05) is 12.1 Å². The number of aldehydes is 1. The maximum Gasteiger partial charge on any atom is 0.338 e. The molecule has 172 valence electrons. The number of ether oxygens (including phenoxy) is 3. The molecule has 1 N–H and O–H groups in total. The number of H-pyrrole nitrogens is 1. The molecular formula is C25H24Cl2NO5+. The molecule has 0 bridgehead atoms. The Bertz CT molecular complexity index is 1100. The summed E-state index contributed by atoms with van der Waals surface area (Å²) >= 11 is 12.7. The molecule has 0 aliphatic rings. The Morgan fingerprint density at radius 2 is 1.67 bits per heavy atom. The van der Waals surface area contributed by atoms with Gasteiger partial charge in [0.15, 0.2) is 23.9 Å². The van der Waals surface area contributed by atoms with Gasteiger partial charge in [0.05, 0.1) is 19.8 Å². The maximum atomic E-state index is 13.0. The molecule has 3 aromatic rings. The molecule has 0 amide bonds. The van der Waals surface area contributed by atoms with Crippen LogP contribution in [-0.2, 0) is 22.4 Å². The van der Waals surface area contributed by atoms with Crippen molar-refractivity contribution in [1.82, 2.24) is 0 Å². The fraction of sp³-hybridized carbons (Fsp3) is 0.240. The minimum absolute atomic E-state index is 0.255. The first-order chi connectivity index (χ1) is 16.0. The van der Waals surface area contributed by atoms with Crippen LogP contribution in [0.5, 0.6) is 11.5 Å². The van der Waals surface area contributed by atoms with E-state index in [0.29, 0.717) is 51.1 Å². The highest BCUT2D eigenvalue weighted by Crippen LogP contribution is 2.35. The molecule has 0 saturated carbocycles. The molecule has 0 radical (unpaired) electrons. The Kier molecular flexibility index (Phi) is 8.69. The Hall–Kier alpha value is -3.09. The first-order valence-corrected chi connectivity index (χ1v) is 11.0. The van der Waals surface area contributed by atoms with Crippen molar-refractivity contribution in [2.24, 2.45) is 0 Å². The molecule has 0 spiro atoms. The summed E-state index contributed by atoms with van der Waals surface area (Å²) in [5.74, 6) is 0.572. The van der Waals surface area contributed by atoms with Gasteiger partial charge in [-0.2, -0.15) is 0 Å². The highest BCUT2D eigenvalue weighted by Gasteiger charge is 2.24. The number of pyridine rings is 1. The first-order valence-electron chi connectivity index (χ1n) is 10.3. The van der Waals surface area contributed by atoms with Crippen LogP contribution < -0.4 is 14.5 Å². The normalized spacial score (nSPS) is 11.5. The summed E-state index contributed by atoms with van der Waals surface area (Å²) in [6, 6.07) is 12.3. The molecule has 0 aliphatic heterocycles. The van der Waals surface area contributed by atoms with E-state index in [-0.39, 0.29) is 6.42 Å². The number of aromatic nitrogens is 1. The van der Waals surface area contributed by atoms with Crippen molar-refractivity contribution in [3.05, 3.63) is 87.2 Å². The van der Waals surface area contributed by atoms with E-state index in [2.05, 4.69) is 4.98 Å². The number of halogens is 2. The molecule has 2 aromatic carbocycles. The number of aromatic amines is 1. The third-order valence-corrected chi connectivity index (χ3v) is 5.83. The first kappa shape index (κ1) is 24.6.